The van der Waals surface area contributed by atoms with Crippen molar-refractivity contribution in [1.29, 1.82) is 0 Å². The molecule has 2 aromatic heterocycles. The van der Waals surface area contributed by atoms with E-state index in [-0.39, 0.29) is 17.1 Å². The summed E-state index contributed by atoms with van der Waals surface area (Å²) in [5.41, 5.74) is 4.41. The zero-order valence-corrected chi connectivity index (χ0v) is 21.8. The molecular formula is C31H32N4O4. The molecule has 3 atom stereocenters. The van der Waals surface area contributed by atoms with E-state index in [0.29, 0.717) is 24.9 Å². The molecule has 8 heteroatoms. The SMILES string of the molecule is O=C(O)c1ccc2nc(CN3CC[C@@]4(c5cccc(OCc6ccccc6)n5)C[C@H]4C3)n(C[C@@H]3CCO3)c2c1. The number of carboxylic acid groups (broad SMARTS) is 1. The normalized spacial score (nSPS) is 24.2. The van der Waals surface area contributed by atoms with E-state index >= 15 is 0 Å². The predicted octanol–water partition coefficient (Wildman–Crippen LogP) is 4.66. The fraction of sp³-hybridized carbons (Fsp3) is 0.387. The lowest BCUT2D eigenvalue weighted by atomic mass is 9.91. The molecule has 2 aliphatic heterocycles. The quantitative estimate of drug-likeness (QED) is 0.341. The monoisotopic (exact) mass is 524 g/mol. The highest BCUT2D eigenvalue weighted by molar-refractivity contribution is 5.92. The van der Waals surface area contributed by atoms with Crippen LogP contribution >= 0.6 is 0 Å². The number of aromatic nitrogens is 3. The number of ether oxygens (including phenoxy) is 2. The third-order valence-corrected chi connectivity index (χ3v) is 8.67. The summed E-state index contributed by atoms with van der Waals surface area (Å²) in [6.07, 6.45) is 3.39. The molecule has 1 saturated carbocycles. The van der Waals surface area contributed by atoms with Crippen LogP contribution in [-0.2, 0) is 29.8 Å². The first-order valence-electron chi connectivity index (χ1n) is 13.8. The number of piperidine rings is 1. The Morgan fingerprint density at radius 1 is 1.10 bits per heavy atom. The number of hydrogen-bond acceptors (Lipinski definition) is 6. The van der Waals surface area contributed by atoms with Gasteiger partial charge in [0.05, 0.1) is 41.5 Å². The van der Waals surface area contributed by atoms with Crippen LogP contribution in [0.1, 0.15) is 46.7 Å². The average Bonchev–Trinajstić information content (AvgIpc) is 3.58. The number of carbonyl (C=O) groups is 1. The second kappa shape index (κ2) is 9.77. The first-order valence-corrected chi connectivity index (χ1v) is 13.8. The fourth-order valence-corrected chi connectivity index (χ4v) is 6.24. The summed E-state index contributed by atoms with van der Waals surface area (Å²) < 4.78 is 13.9. The van der Waals surface area contributed by atoms with Crippen LogP contribution in [0.15, 0.2) is 66.7 Å². The molecule has 39 heavy (non-hydrogen) atoms. The van der Waals surface area contributed by atoms with Crippen molar-refractivity contribution < 1.29 is 19.4 Å². The van der Waals surface area contributed by atoms with Crippen LogP contribution in [0.4, 0.5) is 0 Å². The third-order valence-electron chi connectivity index (χ3n) is 8.67. The van der Waals surface area contributed by atoms with Gasteiger partial charge in [0.15, 0.2) is 0 Å². The molecule has 0 unspecified atom stereocenters. The summed E-state index contributed by atoms with van der Waals surface area (Å²) in [7, 11) is 0. The van der Waals surface area contributed by atoms with Crippen LogP contribution in [0.5, 0.6) is 5.88 Å². The first-order chi connectivity index (χ1) is 19.1. The van der Waals surface area contributed by atoms with Gasteiger partial charge in [-0.3, -0.25) is 4.90 Å². The summed E-state index contributed by atoms with van der Waals surface area (Å²) >= 11 is 0. The van der Waals surface area contributed by atoms with Gasteiger partial charge in [-0.1, -0.05) is 36.4 Å². The summed E-state index contributed by atoms with van der Waals surface area (Å²) in [5.74, 6) is 1.31. The van der Waals surface area contributed by atoms with Gasteiger partial charge in [-0.05, 0) is 61.6 Å². The minimum absolute atomic E-state index is 0.138. The van der Waals surface area contributed by atoms with Crippen molar-refractivity contribution in [2.45, 2.75) is 50.5 Å². The lowest BCUT2D eigenvalue weighted by molar-refractivity contribution is -0.0592. The van der Waals surface area contributed by atoms with E-state index in [9.17, 15) is 9.90 Å². The molecular weight excluding hydrogens is 492 g/mol. The number of pyridine rings is 1. The Morgan fingerprint density at radius 2 is 1.97 bits per heavy atom. The standard InChI is InChI=1S/C31H32N4O4/c36-30(37)22-9-10-25-26(15-22)35(18-24-11-14-38-24)28(32-25)19-34-13-12-31(16-23(31)17-34)27-7-4-8-29(33-27)39-20-21-5-2-1-3-6-21/h1-10,15,23-24H,11-14,16-20H2,(H,36,37)/t23-,24-,31+/m0/s1. The van der Waals surface area contributed by atoms with E-state index < -0.39 is 5.97 Å². The molecule has 1 aliphatic carbocycles. The van der Waals surface area contributed by atoms with Crippen LogP contribution in [0.2, 0.25) is 0 Å². The van der Waals surface area contributed by atoms with Crippen LogP contribution in [0, 0.1) is 5.92 Å². The highest BCUT2D eigenvalue weighted by atomic mass is 16.5. The van der Waals surface area contributed by atoms with Crippen LogP contribution in [0.25, 0.3) is 11.0 Å². The Labute approximate surface area is 227 Å². The van der Waals surface area contributed by atoms with Crippen molar-refractivity contribution in [1.82, 2.24) is 19.4 Å². The van der Waals surface area contributed by atoms with Gasteiger partial charge in [0.2, 0.25) is 5.88 Å². The van der Waals surface area contributed by atoms with Gasteiger partial charge in [-0.15, -0.1) is 0 Å². The van der Waals surface area contributed by atoms with Crippen molar-refractivity contribution in [2.24, 2.45) is 5.92 Å². The Balaban J connectivity index is 1.06. The number of fused-ring (bicyclic) bond motifs is 2. The number of aromatic carboxylic acids is 1. The lowest BCUT2D eigenvalue weighted by Gasteiger charge is -2.32. The van der Waals surface area contributed by atoms with Crippen molar-refractivity contribution in [3.63, 3.8) is 0 Å². The number of hydrogen-bond donors (Lipinski definition) is 1. The number of imidazole rings is 1. The number of benzene rings is 2. The minimum Gasteiger partial charge on any atom is -0.478 e. The van der Waals surface area contributed by atoms with Gasteiger partial charge in [-0.25, -0.2) is 14.8 Å². The van der Waals surface area contributed by atoms with E-state index in [2.05, 4.69) is 33.7 Å². The maximum absolute atomic E-state index is 11.6. The summed E-state index contributed by atoms with van der Waals surface area (Å²) in [4.78, 5) is 24.0. The molecule has 3 aliphatic rings. The zero-order valence-electron chi connectivity index (χ0n) is 21.8. The molecule has 0 amide bonds. The highest BCUT2D eigenvalue weighted by Crippen LogP contribution is 2.58. The molecule has 2 saturated heterocycles. The van der Waals surface area contributed by atoms with E-state index in [1.54, 1.807) is 12.1 Å². The topological polar surface area (TPSA) is 89.7 Å². The third kappa shape index (κ3) is 4.68. The molecule has 4 aromatic rings. The smallest absolute Gasteiger partial charge is 0.335 e. The number of rotatable bonds is 9. The predicted molar refractivity (Wildman–Crippen MR) is 146 cm³/mol. The zero-order chi connectivity index (χ0) is 26.4. The second-order valence-electron chi connectivity index (χ2n) is 11.1. The molecule has 7 rings (SSSR count). The van der Waals surface area contributed by atoms with Gasteiger partial charge >= 0.3 is 5.97 Å². The molecule has 4 heterocycles. The largest absolute Gasteiger partial charge is 0.478 e. The molecule has 8 nitrogen and oxygen atoms in total. The average molecular weight is 525 g/mol. The molecule has 0 bridgehead atoms. The Bertz CT molecular complexity index is 1520. The van der Waals surface area contributed by atoms with E-state index in [0.717, 1.165) is 73.6 Å². The van der Waals surface area contributed by atoms with Crippen molar-refractivity contribution in [3.8, 4) is 5.88 Å². The highest BCUT2D eigenvalue weighted by Gasteiger charge is 2.58. The Kier molecular flexibility index (Phi) is 6.09. The van der Waals surface area contributed by atoms with Crippen molar-refractivity contribution in [3.05, 3.63) is 89.4 Å². The molecule has 0 radical (unpaired) electrons. The Morgan fingerprint density at radius 3 is 2.74 bits per heavy atom. The van der Waals surface area contributed by atoms with E-state index in [1.165, 1.54) is 0 Å². The molecule has 1 N–H and O–H groups in total. The van der Waals surface area contributed by atoms with Crippen molar-refractivity contribution >= 4 is 17.0 Å². The number of carboxylic acids is 1. The van der Waals surface area contributed by atoms with Gasteiger partial charge in [-0.2, -0.15) is 0 Å². The summed E-state index contributed by atoms with van der Waals surface area (Å²) in [6.45, 7) is 4.72. The van der Waals surface area contributed by atoms with Gasteiger partial charge < -0.3 is 19.1 Å². The molecule has 200 valence electrons. The van der Waals surface area contributed by atoms with Crippen molar-refractivity contribution in [2.75, 3.05) is 19.7 Å². The van der Waals surface area contributed by atoms with E-state index in [1.807, 2.05) is 30.3 Å². The Hall–Kier alpha value is -3.75. The lowest BCUT2D eigenvalue weighted by Crippen LogP contribution is -2.37. The molecule has 3 fully saturated rings. The van der Waals surface area contributed by atoms with Gasteiger partial charge in [0, 0.05) is 24.6 Å². The first kappa shape index (κ1) is 24.3. The summed E-state index contributed by atoms with van der Waals surface area (Å²) in [6, 6.07) is 21.5. The molecule has 0 spiro atoms. The summed E-state index contributed by atoms with van der Waals surface area (Å²) in [5, 5.41) is 9.52. The fourth-order valence-electron chi connectivity index (χ4n) is 6.24. The van der Waals surface area contributed by atoms with Gasteiger partial charge in [0.1, 0.15) is 12.4 Å². The van der Waals surface area contributed by atoms with Crippen LogP contribution in [0.3, 0.4) is 0 Å². The van der Waals surface area contributed by atoms with Gasteiger partial charge in [0.25, 0.3) is 0 Å². The number of likely N-dealkylation sites (tertiary alicyclic amines) is 1. The van der Waals surface area contributed by atoms with Crippen LogP contribution in [-0.4, -0.2) is 56.3 Å². The minimum atomic E-state index is -0.921. The van der Waals surface area contributed by atoms with E-state index in [4.69, 9.17) is 19.4 Å². The maximum Gasteiger partial charge on any atom is 0.335 e. The van der Waals surface area contributed by atoms with Crippen LogP contribution < -0.4 is 4.74 Å². The second-order valence-corrected chi connectivity index (χ2v) is 11.1. The number of nitrogens with zero attached hydrogens (tertiary/aromatic N) is 4. The molecule has 2 aromatic carbocycles. The maximum atomic E-state index is 11.6.